The van der Waals surface area contributed by atoms with E-state index in [-0.39, 0.29) is 30.0 Å². The van der Waals surface area contributed by atoms with Crippen molar-refractivity contribution in [2.45, 2.75) is 25.2 Å². The highest BCUT2D eigenvalue weighted by molar-refractivity contribution is 14.0. The van der Waals surface area contributed by atoms with Crippen LogP contribution in [0, 0.1) is 0 Å². The highest BCUT2D eigenvalue weighted by Gasteiger charge is 2.34. The van der Waals surface area contributed by atoms with Crippen LogP contribution in [0.2, 0.25) is 0 Å². The second-order valence-electron chi connectivity index (χ2n) is 5.58. The van der Waals surface area contributed by atoms with Gasteiger partial charge in [0.1, 0.15) is 0 Å². The zero-order valence-electron chi connectivity index (χ0n) is 14.1. The van der Waals surface area contributed by atoms with Crippen LogP contribution in [-0.2, 0) is 6.54 Å². The lowest BCUT2D eigenvalue weighted by Gasteiger charge is -2.19. The average Bonchev–Trinajstić information content (AvgIpc) is 2.96. The van der Waals surface area contributed by atoms with E-state index >= 15 is 0 Å². The van der Waals surface area contributed by atoms with Crippen LogP contribution in [0.5, 0.6) is 5.88 Å². The molecule has 0 aromatic carbocycles. The number of guanidine groups is 1. The molecule has 1 aromatic rings. The van der Waals surface area contributed by atoms with Crippen molar-refractivity contribution in [3.63, 3.8) is 0 Å². The van der Waals surface area contributed by atoms with Crippen molar-refractivity contribution < 1.29 is 17.9 Å². The third-order valence-corrected chi connectivity index (χ3v) is 3.67. The van der Waals surface area contributed by atoms with Crippen molar-refractivity contribution in [3.8, 4) is 5.88 Å². The van der Waals surface area contributed by atoms with Crippen molar-refractivity contribution in [2.24, 2.45) is 4.99 Å². The first-order chi connectivity index (χ1) is 11.4. The van der Waals surface area contributed by atoms with E-state index in [1.807, 2.05) is 12.1 Å². The maximum Gasteiger partial charge on any atom is 0.401 e. The fraction of sp³-hybridized carbons (Fsp3) is 0.600. The molecule has 10 heteroatoms. The van der Waals surface area contributed by atoms with E-state index in [0.717, 1.165) is 5.69 Å². The molecule has 0 aliphatic carbocycles. The van der Waals surface area contributed by atoms with Gasteiger partial charge in [-0.1, -0.05) is 6.07 Å². The minimum Gasteiger partial charge on any atom is -0.481 e. The number of hydrogen-bond acceptors (Lipinski definition) is 4. The molecule has 2 rings (SSSR count). The van der Waals surface area contributed by atoms with Gasteiger partial charge in [0, 0.05) is 32.2 Å². The summed E-state index contributed by atoms with van der Waals surface area (Å²) in [6.07, 6.45) is -3.51. The summed E-state index contributed by atoms with van der Waals surface area (Å²) < 4.78 is 42.3. The van der Waals surface area contributed by atoms with Crippen molar-refractivity contribution in [2.75, 3.05) is 33.8 Å². The number of aromatic nitrogens is 1. The van der Waals surface area contributed by atoms with Crippen LogP contribution in [0.3, 0.4) is 0 Å². The minimum absolute atomic E-state index is 0. The lowest BCUT2D eigenvalue weighted by molar-refractivity contribution is -0.143. The number of likely N-dealkylation sites (tertiary alicyclic amines) is 1. The van der Waals surface area contributed by atoms with E-state index in [9.17, 15) is 13.2 Å². The molecule has 2 N–H and O–H groups in total. The van der Waals surface area contributed by atoms with Gasteiger partial charge in [-0.05, 0) is 12.5 Å². The number of methoxy groups -OCH3 is 1. The Kier molecular flexibility index (Phi) is 8.69. The Morgan fingerprint density at radius 1 is 1.44 bits per heavy atom. The summed E-state index contributed by atoms with van der Waals surface area (Å²) >= 11 is 0. The molecular weight excluding hydrogens is 450 g/mol. The Morgan fingerprint density at radius 2 is 2.20 bits per heavy atom. The van der Waals surface area contributed by atoms with Gasteiger partial charge in [0.2, 0.25) is 5.88 Å². The number of halogens is 4. The zero-order chi connectivity index (χ0) is 17.6. The van der Waals surface area contributed by atoms with Gasteiger partial charge in [-0.25, -0.2) is 4.98 Å². The van der Waals surface area contributed by atoms with Gasteiger partial charge in [0.15, 0.2) is 5.96 Å². The van der Waals surface area contributed by atoms with Gasteiger partial charge in [-0.15, -0.1) is 24.0 Å². The molecule has 1 saturated heterocycles. The van der Waals surface area contributed by atoms with Crippen LogP contribution in [0.4, 0.5) is 13.2 Å². The summed E-state index contributed by atoms with van der Waals surface area (Å²) in [7, 11) is 3.17. The molecule has 0 bridgehead atoms. The van der Waals surface area contributed by atoms with Crippen molar-refractivity contribution in [3.05, 3.63) is 23.9 Å². The first-order valence-electron chi connectivity index (χ1n) is 7.66. The lowest BCUT2D eigenvalue weighted by atomic mass is 10.3. The summed E-state index contributed by atoms with van der Waals surface area (Å²) in [5.74, 6) is 1.06. The van der Waals surface area contributed by atoms with E-state index < -0.39 is 12.7 Å². The Bertz CT molecular complexity index is 570. The van der Waals surface area contributed by atoms with Gasteiger partial charge in [-0.2, -0.15) is 13.2 Å². The van der Waals surface area contributed by atoms with Gasteiger partial charge < -0.3 is 15.4 Å². The molecule has 1 atom stereocenters. The van der Waals surface area contributed by atoms with Gasteiger partial charge >= 0.3 is 6.18 Å². The third-order valence-electron chi connectivity index (χ3n) is 3.67. The quantitative estimate of drug-likeness (QED) is 0.390. The number of alkyl halides is 3. The number of nitrogens with one attached hydrogen (secondary N) is 2. The molecule has 1 unspecified atom stereocenters. The summed E-state index contributed by atoms with van der Waals surface area (Å²) in [4.78, 5) is 9.78. The SMILES string of the molecule is CN=C(NCc1cccc(OC)n1)NC1CCN(CC(F)(F)F)C1.I. The van der Waals surface area contributed by atoms with Crippen LogP contribution >= 0.6 is 24.0 Å². The minimum atomic E-state index is -4.16. The predicted molar refractivity (Wildman–Crippen MR) is 100 cm³/mol. The first kappa shape index (κ1) is 21.7. The number of rotatable bonds is 5. The monoisotopic (exact) mass is 473 g/mol. The largest absolute Gasteiger partial charge is 0.481 e. The maximum atomic E-state index is 12.4. The predicted octanol–water partition coefficient (Wildman–Crippen LogP) is 2.01. The number of hydrogen-bond donors (Lipinski definition) is 2. The summed E-state index contributed by atoms with van der Waals surface area (Å²) in [5, 5.41) is 6.26. The Balaban J connectivity index is 0.00000312. The fourth-order valence-electron chi connectivity index (χ4n) is 2.58. The van der Waals surface area contributed by atoms with E-state index in [1.165, 1.54) is 4.90 Å². The molecule has 2 heterocycles. The summed E-state index contributed by atoms with van der Waals surface area (Å²) in [6.45, 7) is 0.337. The number of pyridine rings is 1. The van der Waals surface area contributed by atoms with Crippen LogP contribution in [0.25, 0.3) is 0 Å². The van der Waals surface area contributed by atoms with Crippen molar-refractivity contribution in [1.29, 1.82) is 0 Å². The molecule has 6 nitrogen and oxygen atoms in total. The first-order valence-corrected chi connectivity index (χ1v) is 7.66. The van der Waals surface area contributed by atoms with E-state index in [0.29, 0.717) is 37.9 Å². The van der Waals surface area contributed by atoms with E-state index in [4.69, 9.17) is 4.74 Å². The summed E-state index contributed by atoms with van der Waals surface area (Å²) in [6, 6.07) is 5.38. The molecule has 0 amide bonds. The molecule has 0 spiro atoms. The molecule has 1 fully saturated rings. The van der Waals surface area contributed by atoms with E-state index in [2.05, 4.69) is 20.6 Å². The van der Waals surface area contributed by atoms with Gasteiger partial charge in [0.05, 0.1) is 25.9 Å². The number of ether oxygens (including phenoxy) is 1. The van der Waals surface area contributed by atoms with Crippen LogP contribution in [-0.4, -0.2) is 61.9 Å². The highest BCUT2D eigenvalue weighted by atomic mass is 127. The molecule has 0 radical (unpaired) electrons. The molecule has 1 aromatic heterocycles. The Hall–Kier alpha value is -1.30. The number of nitrogens with zero attached hydrogens (tertiary/aromatic N) is 3. The normalized spacial score (nSPS) is 18.6. The molecule has 1 aliphatic heterocycles. The van der Waals surface area contributed by atoms with Crippen molar-refractivity contribution in [1.82, 2.24) is 20.5 Å². The van der Waals surface area contributed by atoms with Gasteiger partial charge in [-0.3, -0.25) is 9.89 Å². The van der Waals surface area contributed by atoms with Crippen LogP contribution in [0.15, 0.2) is 23.2 Å². The Labute approximate surface area is 162 Å². The molecule has 0 saturated carbocycles. The number of aliphatic imine (C=N–C) groups is 1. The smallest absolute Gasteiger partial charge is 0.401 e. The Morgan fingerprint density at radius 3 is 2.84 bits per heavy atom. The molecule has 142 valence electrons. The maximum absolute atomic E-state index is 12.4. The molecule has 1 aliphatic rings. The highest BCUT2D eigenvalue weighted by Crippen LogP contribution is 2.19. The van der Waals surface area contributed by atoms with Gasteiger partial charge in [0.25, 0.3) is 0 Å². The second kappa shape index (κ2) is 10.00. The summed E-state index contributed by atoms with van der Waals surface area (Å²) in [5.41, 5.74) is 0.780. The second-order valence-corrected chi connectivity index (χ2v) is 5.58. The van der Waals surface area contributed by atoms with Crippen LogP contribution in [0.1, 0.15) is 12.1 Å². The van der Waals surface area contributed by atoms with Crippen LogP contribution < -0.4 is 15.4 Å². The van der Waals surface area contributed by atoms with Crippen molar-refractivity contribution >= 4 is 29.9 Å². The standard InChI is InChI=1S/C15H22F3N5O.HI/c1-19-14(20-8-11-4-3-5-13(21-11)24-2)22-12-6-7-23(9-12)10-15(16,17)18;/h3-5,12H,6-10H2,1-2H3,(H2,19,20,22);1H. The topological polar surface area (TPSA) is 61.8 Å². The molecule has 25 heavy (non-hydrogen) atoms. The zero-order valence-corrected chi connectivity index (χ0v) is 16.5. The average molecular weight is 473 g/mol. The lowest BCUT2D eigenvalue weighted by Crippen LogP contribution is -2.45. The van der Waals surface area contributed by atoms with E-state index in [1.54, 1.807) is 20.2 Å². The molecular formula is C15H23F3IN5O. The fourth-order valence-corrected chi connectivity index (χ4v) is 2.58. The third kappa shape index (κ3) is 7.63.